The van der Waals surface area contributed by atoms with E-state index in [4.69, 9.17) is 11.6 Å². The monoisotopic (exact) mass is 360 g/mol. The minimum atomic E-state index is -3.74. The summed E-state index contributed by atoms with van der Waals surface area (Å²) in [6.45, 7) is 5.66. The third kappa shape index (κ3) is 2.97. The molecule has 0 spiro atoms. The summed E-state index contributed by atoms with van der Waals surface area (Å²) in [6.07, 6.45) is 2.04. The molecule has 0 unspecified atom stereocenters. The molecule has 0 saturated heterocycles. The van der Waals surface area contributed by atoms with Gasteiger partial charge in [-0.1, -0.05) is 53.6 Å². The van der Waals surface area contributed by atoms with Crippen LogP contribution in [-0.2, 0) is 10.0 Å². The highest BCUT2D eigenvalue weighted by Crippen LogP contribution is 2.30. The maximum atomic E-state index is 12.9. The van der Waals surface area contributed by atoms with Crippen molar-refractivity contribution in [2.24, 2.45) is 5.10 Å². The zero-order valence-corrected chi connectivity index (χ0v) is 14.8. The minimum absolute atomic E-state index is 0.212. The third-order valence-corrected chi connectivity index (χ3v) is 5.97. The van der Waals surface area contributed by atoms with Gasteiger partial charge in [0.05, 0.1) is 16.6 Å². The Bertz CT molecular complexity index is 905. The van der Waals surface area contributed by atoms with Crippen LogP contribution >= 0.6 is 11.6 Å². The molecule has 1 heterocycles. The summed E-state index contributed by atoms with van der Waals surface area (Å²) < 4.78 is 27.0. The lowest BCUT2D eigenvalue weighted by Gasteiger charge is -2.20. The predicted molar refractivity (Wildman–Crippen MR) is 96.8 cm³/mol. The Morgan fingerprint density at radius 2 is 1.88 bits per heavy atom. The Balaban J connectivity index is 2.04. The number of sulfonamides is 1. The van der Waals surface area contributed by atoms with E-state index in [2.05, 4.69) is 11.7 Å². The first-order chi connectivity index (χ1) is 11.4. The van der Waals surface area contributed by atoms with E-state index in [0.29, 0.717) is 17.2 Å². The van der Waals surface area contributed by atoms with Crippen LogP contribution < -0.4 is 0 Å². The van der Waals surface area contributed by atoms with E-state index in [1.54, 1.807) is 36.4 Å². The minimum Gasteiger partial charge on any atom is -0.200 e. The van der Waals surface area contributed by atoms with Crippen molar-refractivity contribution >= 4 is 27.3 Å². The van der Waals surface area contributed by atoms with Crippen molar-refractivity contribution in [3.63, 3.8) is 0 Å². The average Bonchev–Trinajstić information content (AvgIpc) is 3.00. The smallest absolute Gasteiger partial charge is 0.200 e. The van der Waals surface area contributed by atoms with Gasteiger partial charge in [0.15, 0.2) is 0 Å². The molecule has 0 fully saturated rings. The first-order valence-electron chi connectivity index (χ1n) is 7.49. The van der Waals surface area contributed by atoms with Gasteiger partial charge < -0.3 is 0 Å². The fraction of sp³-hybridized carbons (Fsp3) is 0.167. The van der Waals surface area contributed by atoms with Gasteiger partial charge in [-0.25, -0.2) is 0 Å². The first-order valence-corrected chi connectivity index (χ1v) is 9.31. The molecule has 0 bridgehead atoms. The Kier molecular flexibility index (Phi) is 4.47. The van der Waals surface area contributed by atoms with Gasteiger partial charge in [0, 0.05) is 17.0 Å². The van der Waals surface area contributed by atoms with Crippen LogP contribution in [0, 0.1) is 6.92 Å². The maximum Gasteiger partial charge on any atom is 0.279 e. The van der Waals surface area contributed by atoms with Crippen molar-refractivity contribution < 1.29 is 8.42 Å². The SMILES string of the molecule is C=C[C@H]1CC(c2ccccc2Cl)=NN1S(=O)(=O)c1ccc(C)cc1. The van der Waals surface area contributed by atoms with E-state index in [-0.39, 0.29) is 4.90 Å². The molecule has 0 aromatic heterocycles. The molecule has 2 aromatic rings. The van der Waals surface area contributed by atoms with Gasteiger partial charge in [0.2, 0.25) is 0 Å². The molecule has 24 heavy (non-hydrogen) atoms. The first kappa shape index (κ1) is 16.7. The third-order valence-electron chi connectivity index (χ3n) is 3.93. The molecule has 2 aromatic carbocycles. The summed E-state index contributed by atoms with van der Waals surface area (Å²) in [4.78, 5) is 0.212. The number of benzene rings is 2. The molecule has 3 rings (SSSR count). The number of nitrogens with zero attached hydrogens (tertiary/aromatic N) is 2. The molecule has 0 radical (unpaired) electrons. The van der Waals surface area contributed by atoms with Gasteiger partial charge in [-0.2, -0.15) is 17.9 Å². The fourth-order valence-electron chi connectivity index (χ4n) is 2.59. The van der Waals surface area contributed by atoms with Crippen molar-refractivity contribution in [2.45, 2.75) is 24.3 Å². The van der Waals surface area contributed by atoms with E-state index in [1.807, 2.05) is 25.1 Å². The van der Waals surface area contributed by atoms with Crippen molar-refractivity contribution in [3.8, 4) is 0 Å². The fourth-order valence-corrected chi connectivity index (χ4v) is 4.26. The molecular weight excluding hydrogens is 344 g/mol. The second-order valence-electron chi connectivity index (χ2n) is 5.62. The molecule has 1 aliphatic heterocycles. The number of aryl methyl sites for hydroxylation is 1. The number of hydrogen-bond donors (Lipinski definition) is 0. The van der Waals surface area contributed by atoms with Crippen molar-refractivity contribution in [1.82, 2.24) is 4.41 Å². The predicted octanol–water partition coefficient (Wildman–Crippen LogP) is 4.00. The standard InChI is InChI=1S/C18H17ClN2O2S/c1-3-14-12-18(16-6-4-5-7-17(16)19)20-21(14)24(22,23)15-10-8-13(2)9-11-15/h3-11,14H,1,12H2,2H3/t14-/m0/s1. The number of hydrogen-bond acceptors (Lipinski definition) is 3. The van der Waals surface area contributed by atoms with Crippen LogP contribution in [0.4, 0.5) is 0 Å². The van der Waals surface area contributed by atoms with E-state index >= 15 is 0 Å². The molecule has 1 aliphatic rings. The topological polar surface area (TPSA) is 49.7 Å². The quantitative estimate of drug-likeness (QED) is 0.774. The zero-order chi connectivity index (χ0) is 17.3. The van der Waals surface area contributed by atoms with E-state index < -0.39 is 16.1 Å². The lowest BCUT2D eigenvalue weighted by molar-refractivity contribution is 0.409. The Hall–Kier alpha value is -2.11. The van der Waals surface area contributed by atoms with E-state index in [1.165, 1.54) is 0 Å². The molecule has 124 valence electrons. The van der Waals surface area contributed by atoms with Gasteiger partial charge in [0.25, 0.3) is 10.0 Å². The Labute approximate surface area is 147 Å². The van der Waals surface area contributed by atoms with Gasteiger partial charge in [0.1, 0.15) is 0 Å². The van der Waals surface area contributed by atoms with Crippen molar-refractivity contribution in [3.05, 3.63) is 77.3 Å². The highest BCUT2D eigenvalue weighted by molar-refractivity contribution is 7.89. The van der Waals surface area contributed by atoms with Crippen molar-refractivity contribution in [2.75, 3.05) is 0 Å². The Morgan fingerprint density at radius 3 is 2.50 bits per heavy atom. The van der Waals surface area contributed by atoms with Gasteiger partial charge in [-0.15, -0.1) is 6.58 Å². The highest BCUT2D eigenvalue weighted by Gasteiger charge is 2.35. The normalized spacial score (nSPS) is 17.7. The molecule has 0 saturated carbocycles. The van der Waals surface area contributed by atoms with E-state index in [0.717, 1.165) is 15.5 Å². The number of halogens is 1. The zero-order valence-electron chi connectivity index (χ0n) is 13.2. The van der Waals surface area contributed by atoms with Crippen molar-refractivity contribution in [1.29, 1.82) is 0 Å². The second kappa shape index (κ2) is 6.42. The van der Waals surface area contributed by atoms with E-state index in [9.17, 15) is 8.42 Å². The lowest BCUT2D eigenvalue weighted by atomic mass is 10.0. The van der Waals surface area contributed by atoms with Crippen LogP contribution in [0.15, 0.2) is 71.2 Å². The average molecular weight is 361 g/mol. The van der Waals surface area contributed by atoms with Gasteiger partial charge in [-0.3, -0.25) is 0 Å². The molecule has 1 atom stereocenters. The summed E-state index contributed by atoms with van der Waals surface area (Å²) in [5, 5.41) is 4.90. The van der Waals surface area contributed by atoms with Crippen LogP contribution in [0.1, 0.15) is 17.5 Å². The van der Waals surface area contributed by atoms with Crippen LogP contribution in [-0.4, -0.2) is 24.6 Å². The molecule has 0 N–H and O–H groups in total. The number of hydrazone groups is 1. The maximum absolute atomic E-state index is 12.9. The molecule has 0 aliphatic carbocycles. The van der Waals surface area contributed by atoms with Crippen LogP contribution in [0.5, 0.6) is 0 Å². The summed E-state index contributed by atoms with van der Waals surface area (Å²) in [5.41, 5.74) is 2.38. The summed E-state index contributed by atoms with van der Waals surface area (Å²) in [7, 11) is -3.74. The van der Waals surface area contributed by atoms with Gasteiger partial charge in [-0.05, 0) is 25.1 Å². The summed E-state index contributed by atoms with van der Waals surface area (Å²) in [5.74, 6) is 0. The largest absolute Gasteiger partial charge is 0.279 e. The second-order valence-corrected chi connectivity index (χ2v) is 7.83. The van der Waals surface area contributed by atoms with Crippen LogP contribution in [0.2, 0.25) is 5.02 Å². The molecule has 6 heteroatoms. The highest BCUT2D eigenvalue weighted by atomic mass is 35.5. The van der Waals surface area contributed by atoms with Gasteiger partial charge >= 0.3 is 0 Å². The molecule has 0 amide bonds. The van der Waals surface area contributed by atoms with Crippen LogP contribution in [0.25, 0.3) is 0 Å². The molecular formula is C18H17ClN2O2S. The van der Waals surface area contributed by atoms with Crippen LogP contribution in [0.3, 0.4) is 0 Å². The molecule has 4 nitrogen and oxygen atoms in total. The summed E-state index contributed by atoms with van der Waals surface area (Å²) in [6, 6.07) is 13.6. The lowest BCUT2D eigenvalue weighted by Crippen LogP contribution is -2.31. The summed E-state index contributed by atoms with van der Waals surface area (Å²) >= 11 is 6.22. The Morgan fingerprint density at radius 1 is 1.21 bits per heavy atom. The number of rotatable bonds is 4.